The molecule has 2 heterocycles. The first kappa shape index (κ1) is 15.8. The molecule has 0 unspecified atom stereocenters. The Morgan fingerprint density at radius 1 is 1.23 bits per heavy atom. The van der Waals surface area contributed by atoms with Gasteiger partial charge in [-0.1, -0.05) is 18.7 Å². The molecule has 122 valence electrons. The van der Waals surface area contributed by atoms with E-state index >= 15 is 0 Å². The zero-order chi connectivity index (χ0) is 15.5. The highest BCUT2D eigenvalue weighted by Crippen LogP contribution is 2.41. The molecule has 2 aliphatic rings. The third-order valence-corrected chi connectivity index (χ3v) is 5.56. The second-order valence-corrected chi connectivity index (χ2v) is 7.77. The molecular weight excluding hydrogens is 296 g/mol. The molecule has 22 heavy (non-hydrogen) atoms. The van der Waals surface area contributed by atoms with Crippen LogP contribution in [0.4, 0.5) is 5.95 Å². The molecule has 0 bridgehead atoms. The Bertz CT molecular complexity index is 518. The Hall–Kier alpha value is -1.04. The molecule has 1 aromatic rings. The lowest BCUT2D eigenvalue weighted by Crippen LogP contribution is -2.34. The van der Waals surface area contributed by atoms with Crippen molar-refractivity contribution in [1.82, 2.24) is 14.8 Å². The van der Waals surface area contributed by atoms with Gasteiger partial charge in [-0.05, 0) is 44.9 Å². The topological polar surface area (TPSA) is 51.0 Å². The van der Waals surface area contributed by atoms with E-state index < -0.39 is 0 Å². The lowest BCUT2D eigenvalue weighted by Gasteiger charge is -2.31. The highest BCUT2D eigenvalue weighted by atomic mass is 32.2. The van der Waals surface area contributed by atoms with Crippen LogP contribution >= 0.6 is 11.8 Å². The zero-order valence-corrected chi connectivity index (χ0v) is 14.4. The van der Waals surface area contributed by atoms with Crippen LogP contribution in [0.25, 0.3) is 0 Å². The van der Waals surface area contributed by atoms with Gasteiger partial charge in [-0.15, -0.1) is 10.2 Å². The van der Waals surface area contributed by atoms with Gasteiger partial charge in [0.1, 0.15) is 5.78 Å². The first-order chi connectivity index (χ1) is 10.6. The lowest BCUT2D eigenvalue weighted by molar-refractivity contribution is -0.117. The molecule has 1 saturated heterocycles. The van der Waals surface area contributed by atoms with E-state index in [1.807, 2.05) is 0 Å². The summed E-state index contributed by atoms with van der Waals surface area (Å²) in [4.78, 5) is 13.4. The summed E-state index contributed by atoms with van der Waals surface area (Å²) in [5.74, 6) is 3.12. The van der Waals surface area contributed by atoms with E-state index in [2.05, 4.69) is 26.6 Å². The van der Waals surface area contributed by atoms with Gasteiger partial charge < -0.3 is 9.69 Å². The summed E-state index contributed by atoms with van der Waals surface area (Å²) in [5, 5.41) is 9.97. The molecule has 1 saturated carbocycles. The fraction of sp³-hybridized carbons (Fsp3) is 0.812. The van der Waals surface area contributed by atoms with Crippen LogP contribution in [-0.2, 0) is 4.79 Å². The van der Waals surface area contributed by atoms with Crippen molar-refractivity contribution in [2.24, 2.45) is 5.92 Å². The SMILES string of the molecule is CC(=O)CCCSc1nnc(N2CCC(C)CC2)n1C1CC1. The van der Waals surface area contributed by atoms with E-state index in [1.54, 1.807) is 18.7 Å². The molecule has 0 amide bonds. The van der Waals surface area contributed by atoms with Crippen LogP contribution in [0.15, 0.2) is 5.16 Å². The Balaban J connectivity index is 1.65. The fourth-order valence-corrected chi connectivity index (χ4v) is 3.87. The summed E-state index contributed by atoms with van der Waals surface area (Å²) in [6.45, 7) is 6.19. The van der Waals surface area contributed by atoms with E-state index in [4.69, 9.17) is 0 Å². The van der Waals surface area contributed by atoms with Crippen molar-refractivity contribution < 1.29 is 4.79 Å². The number of hydrogen-bond donors (Lipinski definition) is 0. The van der Waals surface area contributed by atoms with E-state index in [9.17, 15) is 4.79 Å². The summed E-state index contributed by atoms with van der Waals surface area (Å²) in [5.41, 5.74) is 0. The van der Waals surface area contributed by atoms with Crippen LogP contribution in [0.1, 0.15) is 58.4 Å². The maximum atomic E-state index is 11.0. The second kappa shape index (κ2) is 7.02. The first-order valence-electron chi connectivity index (χ1n) is 8.47. The number of ketones is 1. The smallest absolute Gasteiger partial charge is 0.228 e. The van der Waals surface area contributed by atoms with Crippen LogP contribution < -0.4 is 4.90 Å². The van der Waals surface area contributed by atoms with E-state index in [0.717, 1.165) is 42.3 Å². The average molecular weight is 322 g/mol. The molecule has 0 atom stereocenters. The third kappa shape index (κ3) is 3.83. The van der Waals surface area contributed by atoms with Gasteiger partial charge in [-0.2, -0.15) is 0 Å². The van der Waals surface area contributed by atoms with Crippen molar-refractivity contribution in [1.29, 1.82) is 0 Å². The predicted octanol–water partition coefficient (Wildman–Crippen LogP) is 3.31. The Morgan fingerprint density at radius 2 is 1.95 bits per heavy atom. The standard InChI is InChI=1S/C16H26N4OS/c1-12-7-9-19(10-8-12)15-17-18-16(20(15)14-5-6-14)22-11-3-4-13(2)21/h12,14H,3-11H2,1-2H3. The number of hydrogen-bond acceptors (Lipinski definition) is 5. The number of thioether (sulfide) groups is 1. The number of aromatic nitrogens is 3. The number of carbonyl (C=O) groups excluding carboxylic acids is 1. The Kier molecular flexibility index (Phi) is 5.06. The van der Waals surface area contributed by atoms with Gasteiger partial charge in [0.15, 0.2) is 5.16 Å². The Morgan fingerprint density at radius 3 is 2.59 bits per heavy atom. The van der Waals surface area contributed by atoms with Gasteiger partial charge in [0.25, 0.3) is 0 Å². The number of Topliss-reactive ketones (excluding diaryl/α,β-unsaturated/α-hetero) is 1. The van der Waals surface area contributed by atoms with Gasteiger partial charge >= 0.3 is 0 Å². The minimum atomic E-state index is 0.271. The molecule has 0 N–H and O–H groups in total. The molecule has 1 aromatic heterocycles. The Labute approximate surface area is 136 Å². The van der Waals surface area contributed by atoms with Gasteiger partial charge in [0, 0.05) is 31.3 Å². The number of rotatable bonds is 7. The minimum absolute atomic E-state index is 0.271. The van der Waals surface area contributed by atoms with E-state index in [1.165, 1.54) is 25.7 Å². The number of anilines is 1. The van der Waals surface area contributed by atoms with E-state index in [-0.39, 0.29) is 5.78 Å². The fourth-order valence-electron chi connectivity index (χ4n) is 2.93. The molecule has 0 spiro atoms. The van der Waals surface area contributed by atoms with Crippen LogP contribution in [0.5, 0.6) is 0 Å². The van der Waals surface area contributed by atoms with E-state index in [0.29, 0.717) is 12.5 Å². The van der Waals surface area contributed by atoms with Crippen molar-refractivity contribution in [3.05, 3.63) is 0 Å². The number of carbonyl (C=O) groups is 1. The molecule has 1 aliphatic carbocycles. The normalized spacial score (nSPS) is 19.6. The van der Waals surface area contributed by atoms with Crippen LogP contribution in [0.3, 0.4) is 0 Å². The maximum Gasteiger partial charge on any atom is 0.228 e. The summed E-state index contributed by atoms with van der Waals surface area (Å²) in [6, 6.07) is 0.597. The van der Waals surface area contributed by atoms with Crippen molar-refractivity contribution in [2.75, 3.05) is 23.7 Å². The second-order valence-electron chi connectivity index (χ2n) is 6.71. The molecule has 6 heteroatoms. The molecule has 0 aromatic carbocycles. The van der Waals surface area contributed by atoms with Gasteiger partial charge in [-0.25, -0.2) is 0 Å². The summed E-state index contributed by atoms with van der Waals surface area (Å²) in [6.07, 6.45) is 6.58. The molecule has 1 aliphatic heterocycles. The van der Waals surface area contributed by atoms with Crippen LogP contribution in [-0.4, -0.2) is 39.4 Å². The largest absolute Gasteiger partial charge is 0.341 e. The van der Waals surface area contributed by atoms with Crippen molar-refractivity contribution in [3.8, 4) is 0 Å². The lowest BCUT2D eigenvalue weighted by atomic mass is 10.00. The van der Waals surface area contributed by atoms with Gasteiger partial charge in [0.05, 0.1) is 0 Å². The van der Waals surface area contributed by atoms with Crippen LogP contribution in [0.2, 0.25) is 0 Å². The molecule has 2 fully saturated rings. The molecular formula is C16H26N4OS. The summed E-state index contributed by atoms with van der Waals surface area (Å²) >= 11 is 1.75. The van der Waals surface area contributed by atoms with Crippen molar-refractivity contribution in [2.45, 2.75) is 63.6 Å². The molecule has 3 rings (SSSR count). The number of nitrogens with zero attached hydrogens (tertiary/aromatic N) is 4. The monoisotopic (exact) mass is 322 g/mol. The summed E-state index contributed by atoms with van der Waals surface area (Å²) in [7, 11) is 0. The van der Waals surface area contributed by atoms with Crippen molar-refractivity contribution in [3.63, 3.8) is 0 Å². The van der Waals surface area contributed by atoms with Gasteiger partial charge in [-0.3, -0.25) is 4.57 Å². The third-order valence-electron chi connectivity index (χ3n) is 4.53. The zero-order valence-electron chi connectivity index (χ0n) is 13.6. The van der Waals surface area contributed by atoms with Crippen molar-refractivity contribution >= 4 is 23.5 Å². The predicted molar refractivity (Wildman–Crippen MR) is 89.5 cm³/mol. The highest BCUT2D eigenvalue weighted by molar-refractivity contribution is 7.99. The minimum Gasteiger partial charge on any atom is -0.341 e. The first-order valence-corrected chi connectivity index (χ1v) is 9.46. The summed E-state index contributed by atoms with van der Waals surface area (Å²) < 4.78 is 2.36. The average Bonchev–Trinajstić information content (AvgIpc) is 3.25. The highest BCUT2D eigenvalue weighted by Gasteiger charge is 2.32. The maximum absolute atomic E-state index is 11.0. The quantitative estimate of drug-likeness (QED) is 0.569. The number of piperidine rings is 1. The molecule has 0 radical (unpaired) electrons. The molecule has 5 nitrogen and oxygen atoms in total. The van der Waals surface area contributed by atoms with Crippen LogP contribution in [0, 0.1) is 5.92 Å². The van der Waals surface area contributed by atoms with Gasteiger partial charge in [0.2, 0.25) is 5.95 Å².